The summed E-state index contributed by atoms with van der Waals surface area (Å²) in [5.41, 5.74) is 19.7. The lowest BCUT2D eigenvalue weighted by molar-refractivity contribution is 0.660. The average Bonchev–Trinajstić information content (AvgIpc) is 3.80. The quantitative estimate of drug-likeness (QED) is 0.156. The molecule has 298 valence electrons. The van der Waals surface area contributed by atoms with Gasteiger partial charge in [-0.25, -0.2) is 0 Å². The van der Waals surface area contributed by atoms with Gasteiger partial charge < -0.3 is 9.47 Å². The Labute approximate surface area is 368 Å². The van der Waals surface area contributed by atoms with Crippen LogP contribution in [0.3, 0.4) is 0 Å². The summed E-state index contributed by atoms with van der Waals surface area (Å²) in [6.45, 7) is 4.70. The summed E-state index contributed by atoms with van der Waals surface area (Å²) < 4.78 is 2.37. The lowest BCUT2D eigenvalue weighted by Gasteiger charge is -2.26. The van der Waals surface area contributed by atoms with Gasteiger partial charge in [-0.1, -0.05) is 166 Å². The Bertz CT molecular complexity index is 3500. The molecule has 0 fully saturated rings. The van der Waals surface area contributed by atoms with Crippen LogP contribution in [0.2, 0.25) is 0 Å². The first-order valence-electron chi connectivity index (χ1n) is 21.9. The van der Waals surface area contributed by atoms with E-state index < -0.39 is 0 Å². The van der Waals surface area contributed by atoms with Crippen LogP contribution in [-0.4, -0.2) is 4.57 Å². The molecular weight excluding hydrogens is 761 g/mol. The van der Waals surface area contributed by atoms with Crippen LogP contribution >= 0.6 is 0 Å². The molecule has 1 aromatic heterocycles. The van der Waals surface area contributed by atoms with E-state index in [1.165, 1.54) is 93.9 Å². The highest BCUT2D eigenvalue weighted by molar-refractivity contribution is 6.10. The van der Waals surface area contributed by atoms with Gasteiger partial charge in [-0.15, -0.1) is 0 Å². The lowest BCUT2D eigenvalue weighted by Crippen LogP contribution is -2.14. The fraction of sp³-hybridized carbons (Fsp3) is 0.0492. The predicted molar refractivity (Wildman–Crippen MR) is 267 cm³/mol. The first-order chi connectivity index (χ1) is 31.0. The third kappa shape index (κ3) is 6.17. The van der Waals surface area contributed by atoms with Crippen LogP contribution < -0.4 is 4.90 Å². The van der Waals surface area contributed by atoms with Crippen LogP contribution in [-0.2, 0) is 5.41 Å². The third-order valence-corrected chi connectivity index (χ3v) is 13.4. The van der Waals surface area contributed by atoms with Gasteiger partial charge in [0, 0.05) is 38.9 Å². The highest BCUT2D eigenvalue weighted by Crippen LogP contribution is 2.50. The van der Waals surface area contributed by atoms with Gasteiger partial charge in [-0.3, -0.25) is 0 Å². The van der Waals surface area contributed by atoms with Crippen molar-refractivity contribution in [2.45, 2.75) is 19.3 Å². The number of benzene rings is 10. The van der Waals surface area contributed by atoms with E-state index in [9.17, 15) is 0 Å². The predicted octanol–water partition coefficient (Wildman–Crippen LogP) is 16.7. The fourth-order valence-corrected chi connectivity index (χ4v) is 10.1. The molecule has 1 aliphatic rings. The van der Waals surface area contributed by atoms with Crippen LogP contribution in [0, 0.1) is 0 Å². The topological polar surface area (TPSA) is 8.17 Å². The SMILES string of the molecule is CC1(C)c2ccccc2-c2ccc(-c3ccc(N(c4ccc(-c5ccccc5)cc4)c4ccc5cc(-c6ccc7c(c6)c6ccccc6n7-c6ccccc6)ccc5c4)cc3)cc21. The molecule has 0 atom stereocenters. The van der Waals surface area contributed by atoms with Crippen LogP contribution in [0.25, 0.3) is 82.8 Å². The average molecular weight is 805 g/mol. The summed E-state index contributed by atoms with van der Waals surface area (Å²) in [4.78, 5) is 2.38. The van der Waals surface area contributed by atoms with E-state index in [1.807, 2.05) is 0 Å². The van der Waals surface area contributed by atoms with Crippen molar-refractivity contribution < 1.29 is 0 Å². The third-order valence-electron chi connectivity index (χ3n) is 13.4. The fourth-order valence-electron chi connectivity index (χ4n) is 10.1. The van der Waals surface area contributed by atoms with Crippen LogP contribution in [0.1, 0.15) is 25.0 Å². The molecule has 1 aliphatic carbocycles. The Morgan fingerprint density at radius 2 is 0.841 bits per heavy atom. The molecule has 0 saturated heterocycles. The summed E-state index contributed by atoms with van der Waals surface area (Å²) in [5, 5.41) is 4.92. The molecule has 10 aromatic carbocycles. The van der Waals surface area contributed by atoms with Crippen LogP contribution in [0.5, 0.6) is 0 Å². The molecule has 63 heavy (non-hydrogen) atoms. The van der Waals surface area contributed by atoms with Crippen LogP contribution in [0.15, 0.2) is 231 Å². The van der Waals surface area contributed by atoms with Crippen molar-refractivity contribution in [3.63, 3.8) is 0 Å². The number of rotatable bonds is 7. The van der Waals surface area contributed by atoms with Gasteiger partial charge in [0.2, 0.25) is 0 Å². The largest absolute Gasteiger partial charge is 0.310 e. The smallest absolute Gasteiger partial charge is 0.0541 e. The molecule has 0 spiro atoms. The standard InChI is InChI=1S/C61H44N2/c1-61(2)57-19-11-9-17-53(57)54-35-28-48(40-58(54)61)43-25-32-51(33-26-43)62(50-30-23-42(24-31-50)41-13-5-3-6-14-41)52-34-27-45-37-44(21-22-46(45)38-52)47-29-36-60-56(39-47)55-18-10-12-20-59(55)63(60)49-15-7-4-8-16-49/h3-40H,1-2H3. The van der Waals surface area contributed by atoms with Gasteiger partial charge in [0.05, 0.1) is 11.0 Å². The van der Waals surface area contributed by atoms with Crippen molar-refractivity contribution in [3.05, 3.63) is 242 Å². The molecular formula is C61H44N2. The summed E-state index contributed by atoms with van der Waals surface area (Å²) in [6, 6.07) is 84.6. The Balaban J connectivity index is 0.911. The van der Waals surface area contributed by atoms with Crippen molar-refractivity contribution in [2.24, 2.45) is 0 Å². The Kier molecular flexibility index (Phi) is 8.55. The molecule has 0 saturated carbocycles. The molecule has 2 heteroatoms. The first kappa shape index (κ1) is 36.9. The van der Waals surface area contributed by atoms with E-state index in [2.05, 4.69) is 254 Å². The van der Waals surface area contributed by atoms with E-state index >= 15 is 0 Å². The van der Waals surface area contributed by atoms with Gasteiger partial charge in [-0.05, 0) is 145 Å². The van der Waals surface area contributed by atoms with Crippen LogP contribution in [0.4, 0.5) is 17.1 Å². The molecule has 12 rings (SSSR count). The second-order valence-corrected chi connectivity index (χ2v) is 17.4. The number of fused-ring (bicyclic) bond motifs is 7. The lowest BCUT2D eigenvalue weighted by atomic mass is 9.81. The summed E-state index contributed by atoms with van der Waals surface area (Å²) in [5.74, 6) is 0. The molecule has 1 heterocycles. The van der Waals surface area contributed by atoms with E-state index in [0.717, 1.165) is 17.1 Å². The minimum atomic E-state index is -0.0424. The zero-order valence-corrected chi connectivity index (χ0v) is 35.3. The number of aromatic nitrogens is 1. The highest BCUT2D eigenvalue weighted by Gasteiger charge is 2.35. The number of nitrogens with zero attached hydrogens (tertiary/aromatic N) is 2. The normalized spacial score (nSPS) is 12.7. The molecule has 0 N–H and O–H groups in total. The van der Waals surface area contributed by atoms with E-state index in [0.29, 0.717) is 0 Å². The number of hydrogen-bond donors (Lipinski definition) is 0. The maximum absolute atomic E-state index is 2.41. The summed E-state index contributed by atoms with van der Waals surface area (Å²) in [7, 11) is 0. The van der Waals surface area contributed by atoms with Gasteiger partial charge in [-0.2, -0.15) is 0 Å². The van der Waals surface area contributed by atoms with Gasteiger partial charge in [0.15, 0.2) is 0 Å². The van der Waals surface area contributed by atoms with Crippen molar-refractivity contribution in [1.82, 2.24) is 4.57 Å². The molecule has 0 aliphatic heterocycles. The maximum Gasteiger partial charge on any atom is 0.0541 e. The van der Waals surface area contributed by atoms with E-state index in [4.69, 9.17) is 0 Å². The zero-order chi connectivity index (χ0) is 42.1. The molecule has 11 aromatic rings. The van der Waals surface area contributed by atoms with Crippen molar-refractivity contribution in [1.29, 1.82) is 0 Å². The second-order valence-electron chi connectivity index (χ2n) is 17.4. The van der Waals surface area contributed by atoms with E-state index in [-0.39, 0.29) is 5.41 Å². The molecule has 0 amide bonds. The molecule has 0 unspecified atom stereocenters. The van der Waals surface area contributed by atoms with Crippen molar-refractivity contribution in [3.8, 4) is 50.2 Å². The van der Waals surface area contributed by atoms with Gasteiger partial charge in [0.1, 0.15) is 0 Å². The van der Waals surface area contributed by atoms with Crippen molar-refractivity contribution in [2.75, 3.05) is 4.90 Å². The number of hydrogen-bond acceptors (Lipinski definition) is 1. The Morgan fingerprint density at radius 1 is 0.333 bits per heavy atom. The van der Waals surface area contributed by atoms with Crippen molar-refractivity contribution >= 4 is 49.6 Å². The molecule has 0 radical (unpaired) electrons. The summed E-state index contributed by atoms with van der Waals surface area (Å²) >= 11 is 0. The number of anilines is 3. The minimum Gasteiger partial charge on any atom is -0.310 e. The summed E-state index contributed by atoms with van der Waals surface area (Å²) in [6.07, 6.45) is 0. The highest BCUT2D eigenvalue weighted by atomic mass is 15.1. The van der Waals surface area contributed by atoms with Gasteiger partial charge >= 0.3 is 0 Å². The molecule has 2 nitrogen and oxygen atoms in total. The monoisotopic (exact) mass is 804 g/mol. The zero-order valence-electron chi connectivity index (χ0n) is 35.3. The number of para-hydroxylation sites is 2. The second kappa shape index (κ2) is 14.6. The minimum absolute atomic E-state index is 0.0424. The first-order valence-corrected chi connectivity index (χ1v) is 21.9. The molecule has 0 bridgehead atoms. The maximum atomic E-state index is 2.41. The van der Waals surface area contributed by atoms with E-state index in [1.54, 1.807) is 0 Å². The Morgan fingerprint density at radius 3 is 1.62 bits per heavy atom. The van der Waals surface area contributed by atoms with Gasteiger partial charge in [0.25, 0.3) is 0 Å². The Hall–Kier alpha value is -7.94.